The monoisotopic (exact) mass is 422 g/mol. The first-order chi connectivity index (χ1) is 10.1. The molecule has 3 rings (SSSR count). The number of nitrogens with zero attached hydrogens (tertiary/aromatic N) is 2. The fraction of sp³-hybridized carbons (Fsp3) is 0.533. The maximum atomic E-state index is 13.9. The molecule has 1 heterocycles. The van der Waals surface area contributed by atoms with Gasteiger partial charge in [-0.1, -0.05) is 0 Å². The molecule has 0 unspecified atom stereocenters. The summed E-state index contributed by atoms with van der Waals surface area (Å²) >= 11 is 7.89. The minimum absolute atomic E-state index is 0.192. The van der Waals surface area contributed by atoms with Gasteiger partial charge in [-0.2, -0.15) is 0 Å². The van der Waals surface area contributed by atoms with Crippen LogP contribution in [-0.4, -0.2) is 28.1 Å². The van der Waals surface area contributed by atoms with Gasteiger partial charge in [-0.05, 0) is 48.4 Å². The quantitative estimate of drug-likeness (QED) is 0.531. The van der Waals surface area contributed by atoms with E-state index in [2.05, 4.69) is 9.55 Å². The van der Waals surface area contributed by atoms with Crippen molar-refractivity contribution in [3.05, 3.63) is 27.3 Å². The molecule has 6 heteroatoms. The zero-order valence-electron chi connectivity index (χ0n) is 11.8. The summed E-state index contributed by atoms with van der Waals surface area (Å²) < 4.78 is 22.3. The summed E-state index contributed by atoms with van der Waals surface area (Å²) in [6.45, 7) is 2.75. The molecule has 114 valence electrons. The number of ether oxygens (including phenoxy) is 1. The summed E-state index contributed by atoms with van der Waals surface area (Å²) in [7, 11) is 0. The van der Waals surface area contributed by atoms with Gasteiger partial charge >= 0.3 is 0 Å². The Kier molecular flexibility index (Phi) is 4.71. The van der Waals surface area contributed by atoms with E-state index in [1.54, 1.807) is 12.1 Å². The molecule has 0 spiro atoms. The highest BCUT2D eigenvalue weighted by Gasteiger charge is 2.33. The first-order valence-electron chi connectivity index (χ1n) is 7.17. The Balaban J connectivity index is 1.98. The third kappa shape index (κ3) is 2.92. The highest BCUT2D eigenvalue weighted by molar-refractivity contribution is 14.1. The lowest BCUT2D eigenvalue weighted by molar-refractivity contribution is -0.0193. The van der Waals surface area contributed by atoms with Crippen LogP contribution >= 0.6 is 34.2 Å². The second kappa shape index (κ2) is 6.38. The van der Waals surface area contributed by atoms with Crippen molar-refractivity contribution in [1.82, 2.24) is 9.55 Å². The first kappa shape index (κ1) is 15.5. The van der Waals surface area contributed by atoms with E-state index >= 15 is 0 Å². The second-order valence-corrected chi connectivity index (χ2v) is 6.83. The van der Waals surface area contributed by atoms with Crippen molar-refractivity contribution in [1.29, 1.82) is 0 Å². The van der Waals surface area contributed by atoms with E-state index in [-0.39, 0.29) is 5.82 Å². The van der Waals surface area contributed by atoms with Crippen molar-refractivity contribution in [2.24, 2.45) is 0 Å². The summed E-state index contributed by atoms with van der Waals surface area (Å²) in [4.78, 5) is 4.64. The molecule has 2 aromatic rings. The number of aromatic nitrogens is 2. The summed E-state index contributed by atoms with van der Waals surface area (Å²) in [5.41, 5.74) is 1.72. The Morgan fingerprint density at radius 1 is 1.48 bits per heavy atom. The molecule has 0 aliphatic heterocycles. The molecule has 21 heavy (non-hydrogen) atoms. The van der Waals surface area contributed by atoms with Crippen molar-refractivity contribution in [3.63, 3.8) is 0 Å². The van der Waals surface area contributed by atoms with Gasteiger partial charge in [-0.15, -0.1) is 11.6 Å². The first-order valence-corrected chi connectivity index (χ1v) is 8.78. The van der Waals surface area contributed by atoms with Crippen molar-refractivity contribution >= 4 is 45.2 Å². The fourth-order valence-corrected chi connectivity index (χ4v) is 3.55. The lowest BCUT2D eigenvalue weighted by atomic mass is 9.88. The normalized spacial score (nSPS) is 21.7. The Bertz CT molecular complexity index is 655. The zero-order valence-corrected chi connectivity index (χ0v) is 14.7. The number of halogens is 3. The van der Waals surface area contributed by atoms with Crippen LogP contribution in [0.5, 0.6) is 0 Å². The van der Waals surface area contributed by atoms with Crippen LogP contribution < -0.4 is 0 Å². The number of imidazole rings is 1. The largest absolute Gasteiger partial charge is 0.378 e. The van der Waals surface area contributed by atoms with Crippen LogP contribution in [0.3, 0.4) is 0 Å². The van der Waals surface area contributed by atoms with Crippen LogP contribution in [0, 0.1) is 9.39 Å². The maximum absolute atomic E-state index is 13.9. The Morgan fingerprint density at radius 2 is 2.24 bits per heavy atom. The molecule has 1 aliphatic rings. The van der Waals surface area contributed by atoms with Crippen LogP contribution in [0.1, 0.15) is 31.6 Å². The molecule has 0 bridgehead atoms. The summed E-state index contributed by atoms with van der Waals surface area (Å²) in [5.74, 6) is 1.27. The lowest BCUT2D eigenvalue weighted by Gasteiger charge is -2.37. The van der Waals surface area contributed by atoms with E-state index in [1.165, 1.54) is 0 Å². The molecule has 1 saturated carbocycles. The fourth-order valence-electron chi connectivity index (χ4n) is 2.93. The highest BCUT2D eigenvalue weighted by Crippen LogP contribution is 2.38. The molecule has 1 aromatic carbocycles. The van der Waals surface area contributed by atoms with Crippen molar-refractivity contribution < 1.29 is 9.13 Å². The van der Waals surface area contributed by atoms with E-state index in [0.717, 1.165) is 36.3 Å². The van der Waals surface area contributed by atoms with E-state index in [0.29, 0.717) is 28.0 Å². The number of hydrogen-bond acceptors (Lipinski definition) is 2. The van der Waals surface area contributed by atoms with Gasteiger partial charge in [-0.3, -0.25) is 0 Å². The van der Waals surface area contributed by atoms with Crippen molar-refractivity contribution in [2.45, 2.75) is 38.3 Å². The van der Waals surface area contributed by atoms with Gasteiger partial charge in [0.05, 0.1) is 20.7 Å². The topological polar surface area (TPSA) is 27.1 Å². The molecule has 0 atom stereocenters. The van der Waals surface area contributed by atoms with Gasteiger partial charge in [0.25, 0.3) is 0 Å². The average Bonchev–Trinajstić information content (AvgIpc) is 2.72. The van der Waals surface area contributed by atoms with E-state index in [9.17, 15) is 4.39 Å². The maximum Gasteiger partial charge on any atom is 0.138 e. The van der Waals surface area contributed by atoms with Gasteiger partial charge in [0.1, 0.15) is 11.6 Å². The number of alkyl halides is 1. The van der Waals surface area contributed by atoms with Crippen molar-refractivity contribution in [2.75, 3.05) is 12.5 Å². The molecule has 0 amide bonds. The van der Waals surface area contributed by atoms with Crippen LogP contribution in [0.25, 0.3) is 11.0 Å². The van der Waals surface area contributed by atoms with Gasteiger partial charge < -0.3 is 9.30 Å². The standard InChI is InChI=1S/C15H17ClFIN2O/c1-2-21-10-5-9(6-10)20-14-7-11(17)12(18)8-13(14)19-15(20)3-4-16/h7-10H,2-6H2,1H3. The Morgan fingerprint density at radius 3 is 2.90 bits per heavy atom. The van der Waals surface area contributed by atoms with E-state index in [1.807, 2.05) is 29.5 Å². The third-order valence-corrected chi connectivity index (χ3v) is 4.98. The van der Waals surface area contributed by atoms with E-state index < -0.39 is 0 Å². The third-order valence-electron chi connectivity index (χ3n) is 3.96. The molecule has 1 aliphatic carbocycles. The number of rotatable bonds is 5. The summed E-state index contributed by atoms with van der Waals surface area (Å²) in [6.07, 6.45) is 2.93. The number of fused-ring (bicyclic) bond motifs is 1. The number of benzene rings is 1. The molecular formula is C15H17ClFIN2O. The van der Waals surface area contributed by atoms with Gasteiger partial charge in [0, 0.05) is 31.0 Å². The molecule has 0 radical (unpaired) electrons. The Hall–Kier alpha value is -0.400. The average molecular weight is 423 g/mol. The van der Waals surface area contributed by atoms with Gasteiger partial charge in [0.2, 0.25) is 0 Å². The predicted octanol–water partition coefficient (Wildman–Crippen LogP) is 4.30. The summed E-state index contributed by atoms with van der Waals surface area (Å²) in [5, 5.41) is 0. The lowest BCUT2D eigenvalue weighted by Crippen LogP contribution is -2.34. The van der Waals surface area contributed by atoms with Crippen LogP contribution in [0.2, 0.25) is 0 Å². The number of hydrogen-bond donors (Lipinski definition) is 0. The van der Waals surface area contributed by atoms with Crippen LogP contribution in [0.15, 0.2) is 12.1 Å². The van der Waals surface area contributed by atoms with Crippen LogP contribution in [0.4, 0.5) is 4.39 Å². The SMILES string of the molecule is CCOC1CC(n2c(CCCl)nc3cc(I)c(F)cc32)C1. The molecule has 1 aromatic heterocycles. The van der Waals surface area contributed by atoms with Crippen LogP contribution in [-0.2, 0) is 11.2 Å². The summed E-state index contributed by atoms with van der Waals surface area (Å²) in [6, 6.07) is 3.73. The smallest absolute Gasteiger partial charge is 0.138 e. The van der Waals surface area contributed by atoms with Gasteiger partial charge in [0.15, 0.2) is 0 Å². The minimum atomic E-state index is -0.192. The highest BCUT2D eigenvalue weighted by atomic mass is 127. The minimum Gasteiger partial charge on any atom is -0.378 e. The number of aryl methyl sites for hydroxylation is 1. The molecule has 3 nitrogen and oxygen atoms in total. The second-order valence-electron chi connectivity index (χ2n) is 5.29. The predicted molar refractivity (Wildman–Crippen MR) is 90.5 cm³/mol. The zero-order chi connectivity index (χ0) is 15.0. The molecule has 1 fully saturated rings. The molecule has 0 N–H and O–H groups in total. The van der Waals surface area contributed by atoms with E-state index in [4.69, 9.17) is 16.3 Å². The molecular weight excluding hydrogens is 406 g/mol. The Labute approximate surface area is 142 Å². The van der Waals surface area contributed by atoms with Crippen molar-refractivity contribution in [3.8, 4) is 0 Å². The van der Waals surface area contributed by atoms with Gasteiger partial charge in [-0.25, -0.2) is 9.37 Å². The molecule has 0 saturated heterocycles.